The molecule has 0 bridgehead atoms. The number of hydrogen-bond acceptors (Lipinski definition) is 4. The maximum atomic E-state index is 13.4. The van der Waals surface area contributed by atoms with Gasteiger partial charge in [0.25, 0.3) is 11.8 Å². The first-order valence-electron chi connectivity index (χ1n) is 9.89. The molecule has 0 N–H and O–H groups in total. The Hall–Kier alpha value is -2.15. The number of halogens is 2. The monoisotopic (exact) mass is 447 g/mol. The van der Waals surface area contributed by atoms with Gasteiger partial charge in [-0.2, -0.15) is 0 Å². The van der Waals surface area contributed by atoms with Crippen LogP contribution in [0.2, 0.25) is 5.02 Å². The fraction of sp³-hybridized carbons (Fsp3) is 0.304. The van der Waals surface area contributed by atoms with Crippen molar-refractivity contribution in [3.05, 3.63) is 69.8 Å². The first-order chi connectivity index (χ1) is 14.5. The second-order valence-corrected chi connectivity index (χ2v) is 8.37. The van der Waals surface area contributed by atoms with E-state index in [0.717, 1.165) is 17.7 Å². The van der Waals surface area contributed by atoms with Crippen molar-refractivity contribution in [3.63, 3.8) is 0 Å². The Kier molecular flexibility index (Phi) is 8.08. The molecule has 0 aliphatic carbocycles. The summed E-state index contributed by atoms with van der Waals surface area (Å²) >= 11 is 7.16. The predicted octanol–water partition coefficient (Wildman–Crippen LogP) is 5.56. The maximum absolute atomic E-state index is 13.4. The van der Waals surface area contributed by atoms with Gasteiger partial charge in [0.05, 0.1) is 10.5 Å². The van der Waals surface area contributed by atoms with Gasteiger partial charge in [0.2, 0.25) is 0 Å². The van der Waals surface area contributed by atoms with Crippen molar-refractivity contribution in [2.75, 3.05) is 19.8 Å². The van der Waals surface area contributed by atoms with Gasteiger partial charge in [-0.3, -0.25) is 14.5 Å². The first-order valence-corrected chi connectivity index (χ1v) is 11.1. The number of nitrogens with zero attached hydrogens (tertiary/aromatic N) is 1. The van der Waals surface area contributed by atoms with Gasteiger partial charge in [0, 0.05) is 29.7 Å². The molecule has 30 heavy (non-hydrogen) atoms. The zero-order valence-electron chi connectivity index (χ0n) is 16.7. The molecule has 7 heteroatoms. The lowest BCUT2D eigenvalue weighted by atomic mass is 10.1. The minimum atomic E-state index is -0.399. The van der Waals surface area contributed by atoms with E-state index >= 15 is 0 Å². The van der Waals surface area contributed by atoms with Crippen LogP contribution in [-0.4, -0.2) is 36.5 Å². The molecule has 0 atom stereocenters. The lowest BCUT2D eigenvalue weighted by molar-refractivity contribution is -0.136. The number of unbranched alkanes of at least 4 members (excludes halogenated alkanes) is 1. The van der Waals surface area contributed by atoms with Crippen LogP contribution < -0.4 is 0 Å². The van der Waals surface area contributed by atoms with Crippen LogP contribution in [0.1, 0.15) is 31.7 Å². The fourth-order valence-corrected chi connectivity index (χ4v) is 4.15. The molecule has 0 aromatic heterocycles. The molecular formula is C23H23ClFNO3S. The zero-order chi connectivity index (χ0) is 21.5. The third-order valence-electron chi connectivity index (χ3n) is 4.60. The fourth-order valence-electron chi connectivity index (χ4n) is 3.02. The number of hydrogen-bond donors (Lipinski definition) is 0. The molecule has 1 aliphatic heterocycles. The Balaban J connectivity index is 1.81. The second kappa shape index (κ2) is 10.8. The summed E-state index contributed by atoms with van der Waals surface area (Å²) in [5.41, 5.74) is 0.819. The van der Waals surface area contributed by atoms with E-state index in [1.165, 1.54) is 40.9 Å². The first kappa shape index (κ1) is 22.5. The number of carbonyl (C=O) groups excluding carboxylic acids is 2. The summed E-state index contributed by atoms with van der Waals surface area (Å²) in [5.74, 6) is -1.10. The smallest absolute Gasteiger partial charge is 0.268 e. The van der Waals surface area contributed by atoms with Gasteiger partial charge in [0.15, 0.2) is 0 Å². The molecule has 2 amide bonds. The van der Waals surface area contributed by atoms with Crippen molar-refractivity contribution in [1.82, 2.24) is 4.90 Å². The van der Waals surface area contributed by atoms with Gasteiger partial charge >= 0.3 is 0 Å². The third kappa shape index (κ3) is 5.50. The molecule has 4 nitrogen and oxygen atoms in total. The van der Waals surface area contributed by atoms with Crippen LogP contribution in [0.5, 0.6) is 0 Å². The summed E-state index contributed by atoms with van der Waals surface area (Å²) in [4.78, 5) is 28.6. The average molecular weight is 448 g/mol. The zero-order valence-corrected chi connectivity index (χ0v) is 18.3. The van der Waals surface area contributed by atoms with Crippen LogP contribution >= 0.6 is 23.4 Å². The molecule has 0 saturated heterocycles. The normalized spacial score (nSPS) is 14.2. The van der Waals surface area contributed by atoms with E-state index in [0.29, 0.717) is 40.7 Å². The number of rotatable bonds is 10. The average Bonchev–Trinajstić information content (AvgIpc) is 2.97. The molecule has 0 radical (unpaired) electrons. The van der Waals surface area contributed by atoms with E-state index in [1.54, 1.807) is 24.3 Å². The largest absolute Gasteiger partial charge is 0.381 e. The van der Waals surface area contributed by atoms with E-state index in [4.69, 9.17) is 16.3 Å². The number of imide groups is 1. The Morgan fingerprint density at radius 1 is 0.967 bits per heavy atom. The summed E-state index contributed by atoms with van der Waals surface area (Å²) in [6.45, 7) is 3.53. The topological polar surface area (TPSA) is 46.6 Å². The van der Waals surface area contributed by atoms with E-state index in [2.05, 4.69) is 6.92 Å². The molecule has 3 rings (SSSR count). The number of amides is 2. The van der Waals surface area contributed by atoms with Crippen LogP contribution in [0.25, 0.3) is 5.57 Å². The molecule has 0 saturated carbocycles. The van der Waals surface area contributed by atoms with E-state index in [1.807, 2.05) is 0 Å². The second-order valence-electron chi connectivity index (χ2n) is 6.85. The van der Waals surface area contributed by atoms with Gasteiger partial charge in [-0.05, 0) is 54.8 Å². The summed E-state index contributed by atoms with van der Waals surface area (Å²) < 4.78 is 18.9. The van der Waals surface area contributed by atoms with Crippen LogP contribution in [0, 0.1) is 5.82 Å². The number of thioether (sulfide) groups is 1. The van der Waals surface area contributed by atoms with Crippen LogP contribution in [0.3, 0.4) is 0 Å². The van der Waals surface area contributed by atoms with Crippen molar-refractivity contribution in [1.29, 1.82) is 0 Å². The quantitative estimate of drug-likeness (QED) is 0.353. The van der Waals surface area contributed by atoms with Gasteiger partial charge in [-0.1, -0.05) is 48.8 Å². The Bertz CT molecular complexity index is 928. The van der Waals surface area contributed by atoms with E-state index in [-0.39, 0.29) is 18.4 Å². The van der Waals surface area contributed by atoms with E-state index < -0.39 is 5.82 Å². The van der Waals surface area contributed by atoms with Crippen molar-refractivity contribution in [3.8, 4) is 0 Å². The molecule has 1 heterocycles. The Morgan fingerprint density at radius 2 is 1.63 bits per heavy atom. The van der Waals surface area contributed by atoms with Gasteiger partial charge in [-0.25, -0.2) is 4.39 Å². The third-order valence-corrected chi connectivity index (χ3v) is 5.95. The van der Waals surface area contributed by atoms with Crippen molar-refractivity contribution < 1.29 is 18.7 Å². The predicted molar refractivity (Wildman–Crippen MR) is 118 cm³/mol. The minimum Gasteiger partial charge on any atom is -0.381 e. The molecule has 2 aromatic rings. The molecule has 158 valence electrons. The highest BCUT2D eigenvalue weighted by molar-refractivity contribution is 8.04. The summed E-state index contributed by atoms with van der Waals surface area (Å²) in [5, 5.41) is 0.589. The lowest BCUT2D eigenvalue weighted by Gasteiger charge is -2.15. The number of ether oxygens (including phenoxy) is 1. The summed E-state index contributed by atoms with van der Waals surface area (Å²) in [7, 11) is 0. The standard InChI is InChI=1S/C23H23ClFNO3S/c1-2-3-14-29-15-4-13-26-22(27)20(16-5-9-18(25)10-6-16)21(23(26)28)30-19-11-7-17(24)8-12-19/h5-12H,2-4,13-15H2,1H3. The van der Waals surface area contributed by atoms with Gasteiger partial charge in [0.1, 0.15) is 5.82 Å². The highest BCUT2D eigenvalue weighted by atomic mass is 35.5. The van der Waals surface area contributed by atoms with Crippen molar-refractivity contribution >= 4 is 40.8 Å². The molecule has 0 spiro atoms. The number of carbonyl (C=O) groups is 2. The summed E-state index contributed by atoms with van der Waals surface area (Å²) in [6.07, 6.45) is 2.61. The summed E-state index contributed by atoms with van der Waals surface area (Å²) in [6, 6.07) is 12.7. The number of benzene rings is 2. The molecular weight excluding hydrogens is 425 g/mol. The Morgan fingerprint density at radius 3 is 2.30 bits per heavy atom. The van der Waals surface area contributed by atoms with Gasteiger partial charge < -0.3 is 4.74 Å². The maximum Gasteiger partial charge on any atom is 0.268 e. The van der Waals surface area contributed by atoms with Crippen LogP contribution in [0.15, 0.2) is 58.3 Å². The molecule has 1 aliphatic rings. The highest BCUT2D eigenvalue weighted by Gasteiger charge is 2.39. The van der Waals surface area contributed by atoms with Crippen LogP contribution in [-0.2, 0) is 14.3 Å². The molecule has 0 unspecified atom stereocenters. The van der Waals surface area contributed by atoms with E-state index in [9.17, 15) is 14.0 Å². The molecule has 0 fully saturated rings. The Labute approximate surface area is 185 Å². The minimum absolute atomic E-state index is 0.277. The molecule has 2 aromatic carbocycles. The highest BCUT2D eigenvalue weighted by Crippen LogP contribution is 2.40. The van der Waals surface area contributed by atoms with Crippen molar-refractivity contribution in [2.45, 2.75) is 31.1 Å². The lowest BCUT2D eigenvalue weighted by Crippen LogP contribution is -2.33. The van der Waals surface area contributed by atoms with Crippen molar-refractivity contribution in [2.24, 2.45) is 0 Å². The van der Waals surface area contributed by atoms with Gasteiger partial charge in [-0.15, -0.1) is 0 Å². The van der Waals surface area contributed by atoms with Crippen LogP contribution in [0.4, 0.5) is 4.39 Å². The SMILES string of the molecule is CCCCOCCCN1C(=O)C(Sc2ccc(Cl)cc2)=C(c2ccc(F)cc2)C1=O.